The first-order valence-electron chi connectivity index (χ1n) is 7.24. The second-order valence-electron chi connectivity index (χ2n) is 4.93. The van der Waals surface area contributed by atoms with Gasteiger partial charge in [0.05, 0.1) is 11.4 Å². The number of anilines is 2. The molecule has 23 heavy (non-hydrogen) atoms. The molecule has 116 valence electrons. The van der Waals surface area contributed by atoms with Crippen LogP contribution in [0, 0.1) is 5.82 Å². The number of nitrogens with two attached hydrogens (primary N) is 2. The fourth-order valence-corrected chi connectivity index (χ4v) is 1.87. The van der Waals surface area contributed by atoms with E-state index in [1.807, 2.05) is 48.6 Å². The summed E-state index contributed by atoms with van der Waals surface area (Å²) in [4.78, 5) is 0. The summed E-state index contributed by atoms with van der Waals surface area (Å²) in [5, 5.41) is 0. The molecule has 0 unspecified atom stereocenters. The predicted octanol–water partition coefficient (Wildman–Crippen LogP) is 4.85. The molecule has 0 bridgehead atoms. The van der Waals surface area contributed by atoms with Crippen molar-refractivity contribution < 1.29 is 4.39 Å². The minimum Gasteiger partial charge on any atom is -0.397 e. The quantitative estimate of drug-likeness (QED) is 0.525. The Labute approximate surface area is 135 Å². The van der Waals surface area contributed by atoms with Crippen molar-refractivity contribution in [3.05, 3.63) is 95.8 Å². The second kappa shape index (κ2) is 8.39. The lowest BCUT2D eigenvalue weighted by atomic mass is 10.1. The molecule has 0 saturated heterocycles. The summed E-state index contributed by atoms with van der Waals surface area (Å²) in [6.45, 7) is 0. The van der Waals surface area contributed by atoms with Crippen LogP contribution in [0.4, 0.5) is 15.8 Å². The zero-order valence-corrected chi connectivity index (χ0v) is 12.7. The van der Waals surface area contributed by atoms with Crippen LogP contribution in [0.5, 0.6) is 0 Å². The average molecular weight is 306 g/mol. The normalized spacial score (nSPS) is 10.1. The van der Waals surface area contributed by atoms with Crippen LogP contribution in [-0.2, 0) is 0 Å². The lowest BCUT2D eigenvalue weighted by molar-refractivity contribution is 0.628. The lowest BCUT2D eigenvalue weighted by Gasteiger charge is -2.00. The number of nitrogen functional groups attached to an aromatic ring is 2. The van der Waals surface area contributed by atoms with Gasteiger partial charge in [0.15, 0.2) is 0 Å². The molecule has 0 spiro atoms. The summed E-state index contributed by atoms with van der Waals surface area (Å²) >= 11 is 0. The Morgan fingerprint density at radius 3 is 1.70 bits per heavy atom. The maximum Gasteiger partial charge on any atom is 0.123 e. The monoisotopic (exact) mass is 306 g/mol. The Morgan fingerprint density at radius 2 is 1.17 bits per heavy atom. The fourth-order valence-electron chi connectivity index (χ4n) is 1.87. The van der Waals surface area contributed by atoms with E-state index in [1.54, 1.807) is 18.2 Å². The summed E-state index contributed by atoms with van der Waals surface area (Å²) in [5.41, 5.74) is 14.8. The van der Waals surface area contributed by atoms with Crippen molar-refractivity contribution in [2.24, 2.45) is 0 Å². The first kappa shape index (κ1) is 16.3. The number of hydrogen-bond acceptors (Lipinski definition) is 2. The zero-order chi connectivity index (χ0) is 16.5. The topological polar surface area (TPSA) is 52.0 Å². The molecule has 0 fully saturated rings. The Hall–Kier alpha value is -3.07. The molecule has 3 aromatic carbocycles. The number of halogens is 1. The largest absolute Gasteiger partial charge is 0.397 e. The molecule has 0 amide bonds. The summed E-state index contributed by atoms with van der Waals surface area (Å²) < 4.78 is 11.9. The molecular formula is C20H19FN2. The van der Waals surface area contributed by atoms with E-state index in [2.05, 4.69) is 12.1 Å². The van der Waals surface area contributed by atoms with Gasteiger partial charge in [-0.3, -0.25) is 0 Å². The molecule has 2 nitrogen and oxygen atoms in total. The number of benzene rings is 3. The van der Waals surface area contributed by atoms with Crippen molar-refractivity contribution in [3.8, 4) is 0 Å². The van der Waals surface area contributed by atoms with Crippen LogP contribution in [0.2, 0.25) is 0 Å². The lowest BCUT2D eigenvalue weighted by Crippen LogP contribution is -1.93. The summed E-state index contributed by atoms with van der Waals surface area (Å²) in [5.74, 6) is -0.178. The Kier molecular flexibility index (Phi) is 5.95. The Morgan fingerprint density at radius 1 is 0.609 bits per heavy atom. The molecule has 4 N–H and O–H groups in total. The Balaban J connectivity index is 0.000000229. The van der Waals surface area contributed by atoms with Crippen molar-refractivity contribution in [3.63, 3.8) is 0 Å². The first-order chi connectivity index (χ1) is 11.1. The molecule has 0 aromatic heterocycles. The predicted molar refractivity (Wildman–Crippen MR) is 97.0 cm³/mol. The van der Waals surface area contributed by atoms with Crippen LogP contribution in [0.15, 0.2) is 78.9 Å². The summed E-state index contributed by atoms with van der Waals surface area (Å²) in [6, 6.07) is 23.7. The molecule has 0 aliphatic carbocycles. The van der Waals surface area contributed by atoms with Crippen LogP contribution in [0.1, 0.15) is 11.1 Å². The van der Waals surface area contributed by atoms with Gasteiger partial charge in [0, 0.05) is 0 Å². The highest BCUT2D eigenvalue weighted by molar-refractivity contribution is 5.74. The van der Waals surface area contributed by atoms with Crippen molar-refractivity contribution in [2.75, 3.05) is 11.5 Å². The molecule has 0 aliphatic heterocycles. The van der Waals surface area contributed by atoms with Gasteiger partial charge in [-0.15, -0.1) is 0 Å². The van der Waals surface area contributed by atoms with Crippen LogP contribution in [0.25, 0.3) is 12.2 Å². The highest BCUT2D eigenvalue weighted by Crippen LogP contribution is 2.17. The van der Waals surface area contributed by atoms with Crippen molar-refractivity contribution in [1.29, 1.82) is 0 Å². The minimum atomic E-state index is -0.178. The van der Waals surface area contributed by atoms with Gasteiger partial charge in [-0.1, -0.05) is 66.7 Å². The Bertz CT molecular complexity index is 753. The maximum absolute atomic E-state index is 11.9. The molecule has 3 aromatic rings. The van der Waals surface area contributed by atoms with Gasteiger partial charge in [-0.05, 0) is 35.4 Å². The van der Waals surface area contributed by atoms with Crippen molar-refractivity contribution >= 4 is 23.5 Å². The van der Waals surface area contributed by atoms with Crippen LogP contribution in [-0.4, -0.2) is 0 Å². The van der Waals surface area contributed by atoms with E-state index >= 15 is 0 Å². The van der Waals surface area contributed by atoms with E-state index in [0.29, 0.717) is 11.4 Å². The molecule has 0 saturated carbocycles. The summed E-state index contributed by atoms with van der Waals surface area (Å²) in [7, 11) is 0. The highest BCUT2D eigenvalue weighted by Gasteiger charge is 1.93. The van der Waals surface area contributed by atoms with Gasteiger partial charge in [0.25, 0.3) is 0 Å². The van der Waals surface area contributed by atoms with E-state index in [0.717, 1.165) is 11.1 Å². The molecular weight excluding hydrogens is 287 g/mol. The molecule has 0 aliphatic rings. The molecule has 0 heterocycles. The second-order valence-corrected chi connectivity index (χ2v) is 4.93. The smallest absolute Gasteiger partial charge is 0.123 e. The standard InChI is InChI=1S/C14H14N2.C6H5F/c15-13-9-8-12(10-14(13)16)7-6-11-4-2-1-3-5-11;7-6-4-2-1-3-5-6/h1-10H,15-16H2;1-5H. The zero-order valence-electron chi connectivity index (χ0n) is 12.7. The van der Waals surface area contributed by atoms with Crippen LogP contribution in [0.3, 0.4) is 0 Å². The fraction of sp³-hybridized carbons (Fsp3) is 0. The minimum absolute atomic E-state index is 0.178. The molecule has 0 atom stereocenters. The van der Waals surface area contributed by atoms with Crippen molar-refractivity contribution in [1.82, 2.24) is 0 Å². The van der Waals surface area contributed by atoms with E-state index < -0.39 is 0 Å². The van der Waals surface area contributed by atoms with Gasteiger partial charge < -0.3 is 11.5 Å². The van der Waals surface area contributed by atoms with Crippen molar-refractivity contribution in [2.45, 2.75) is 0 Å². The molecule has 0 radical (unpaired) electrons. The first-order valence-corrected chi connectivity index (χ1v) is 7.24. The van der Waals surface area contributed by atoms with E-state index in [4.69, 9.17) is 11.5 Å². The van der Waals surface area contributed by atoms with Gasteiger partial charge in [0.1, 0.15) is 5.82 Å². The number of hydrogen-bond donors (Lipinski definition) is 2. The van der Waals surface area contributed by atoms with Crippen LogP contribution < -0.4 is 11.5 Å². The van der Waals surface area contributed by atoms with Crippen LogP contribution >= 0.6 is 0 Å². The van der Waals surface area contributed by atoms with E-state index in [9.17, 15) is 4.39 Å². The van der Waals surface area contributed by atoms with E-state index in [1.165, 1.54) is 12.1 Å². The highest BCUT2D eigenvalue weighted by atomic mass is 19.1. The van der Waals surface area contributed by atoms with Gasteiger partial charge in [-0.25, -0.2) is 4.39 Å². The third-order valence-electron chi connectivity index (χ3n) is 3.11. The SMILES string of the molecule is Fc1ccccc1.Nc1ccc(C=Cc2ccccc2)cc1N. The summed E-state index contributed by atoms with van der Waals surface area (Å²) in [6.07, 6.45) is 4.07. The molecule has 3 rings (SSSR count). The van der Waals surface area contributed by atoms with Gasteiger partial charge in [-0.2, -0.15) is 0 Å². The molecule has 3 heteroatoms. The number of rotatable bonds is 2. The van der Waals surface area contributed by atoms with Gasteiger partial charge >= 0.3 is 0 Å². The third-order valence-corrected chi connectivity index (χ3v) is 3.11. The average Bonchev–Trinajstić information content (AvgIpc) is 2.58. The van der Waals surface area contributed by atoms with E-state index in [-0.39, 0.29) is 5.82 Å². The van der Waals surface area contributed by atoms with Gasteiger partial charge in [0.2, 0.25) is 0 Å². The maximum atomic E-state index is 11.9. The third kappa shape index (κ3) is 5.67.